The molecule has 4 atom stereocenters. The quantitative estimate of drug-likeness (QED) is 0.467. The lowest BCUT2D eigenvalue weighted by atomic mass is 9.68. The number of hydrogen-bond acceptors (Lipinski definition) is 6. The average Bonchev–Trinajstić information content (AvgIpc) is 2.97. The minimum atomic E-state index is 0.0196. The molecule has 1 heterocycles. The highest BCUT2D eigenvalue weighted by Crippen LogP contribution is 2.42. The van der Waals surface area contributed by atoms with Gasteiger partial charge in [-0.1, -0.05) is 38.2 Å². The molecule has 4 unspecified atom stereocenters. The summed E-state index contributed by atoms with van der Waals surface area (Å²) >= 11 is 0. The number of carbonyl (C=O) groups is 1. The van der Waals surface area contributed by atoms with E-state index in [2.05, 4.69) is 28.4 Å². The zero-order valence-electron chi connectivity index (χ0n) is 24.0. The van der Waals surface area contributed by atoms with Gasteiger partial charge in [0.05, 0.1) is 35.0 Å². The second-order valence-corrected chi connectivity index (χ2v) is 11.3. The predicted octanol–water partition coefficient (Wildman–Crippen LogP) is 5.34. The second-order valence-electron chi connectivity index (χ2n) is 11.3. The second kappa shape index (κ2) is 12.5. The smallest absolute Gasteiger partial charge is 0.234 e. The molecule has 1 aliphatic heterocycles. The van der Waals surface area contributed by atoms with Crippen LogP contribution in [0, 0.1) is 11.8 Å². The van der Waals surface area contributed by atoms with Gasteiger partial charge in [-0.25, -0.2) is 0 Å². The van der Waals surface area contributed by atoms with E-state index in [0.717, 1.165) is 43.0 Å². The van der Waals surface area contributed by atoms with Crippen molar-refractivity contribution in [2.45, 2.75) is 69.9 Å². The van der Waals surface area contributed by atoms with E-state index in [1.807, 2.05) is 12.1 Å². The number of rotatable bonds is 9. The van der Waals surface area contributed by atoms with Crippen LogP contribution in [0.2, 0.25) is 0 Å². The van der Waals surface area contributed by atoms with Crippen LogP contribution in [0.15, 0.2) is 30.3 Å². The number of amides is 1. The van der Waals surface area contributed by atoms with Crippen molar-refractivity contribution in [2.24, 2.45) is 11.8 Å². The monoisotopic (exact) mass is 536 g/mol. The third kappa shape index (κ3) is 5.98. The fraction of sp³-hybridized carbons (Fsp3) is 0.594. The Morgan fingerprint density at radius 2 is 1.54 bits per heavy atom. The third-order valence-electron chi connectivity index (χ3n) is 9.26. The molecule has 5 rings (SSSR count). The van der Waals surface area contributed by atoms with Crippen molar-refractivity contribution in [1.29, 1.82) is 0 Å². The molecule has 1 amide bonds. The van der Waals surface area contributed by atoms with Gasteiger partial charge in [-0.15, -0.1) is 0 Å². The highest BCUT2D eigenvalue weighted by molar-refractivity contribution is 5.78. The summed E-state index contributed by atoms with van der Waals surface area (Å²) in [7, 11) is 6.65. The van der Waals surface area contributed by atoms with Crippen LogP contribution in [0.25, 0.3) is 0 Å². The van der Waals surface area contributed by atoms with Crippen LogP contribution in [0.3, 0.4) is 0 Å². The average molecular weight is 537 g/mol. The first-order valence-corrected chi connectivity index (χ1v) is 14.5. The fourth-order valence-electron chi connectivity index (χ4n) is 7.29. The summed E-state index contributed by atoms with van der Waals surface area (Å²) < 4.78 is 22.3. The molecule has 0 spiro atoms. The van der Waals surface area contributed by atoms with Crippen molar-refractivity contribution in [1.82, 2.24) is 10.2 Å². The summed E-state index contributed by atoms with van der Waals surface area (Å²) in [5.74, 6) is 4.46. The Hall–Kier alpha value is -2.93. The molecule has 7 heteroatoms. The molecule has 2 aromatic carbocycles. The molecule has 2 aromatic rings. The van der Waals surface area contributed by atoms with Gasteiger partial charge in [0.15, 0.2) is 23.0 Å². The molecule has 2 aliphatic carbocycles. The van der Waals surface area contributed by atoms with Crippen LogP contribution >= 0.6 is 0 Å². The van der Waals surface area contributed by atoms with Crippen molar-refractivity contribution in [2.75, 3.05) is 41.5 Å². The lowest BCUT2D eigenvalue weighted by molar-refractivity contribution is -0.124. The molecule has 2 fully saturated rings. The highest BCUT2D eigenvalue weighted by atomic mass is 16.5. The van der Waals surface area contributed by atoms with Crippen LogP contribution in [0.4, 0.5) is 0 Å². The van der Waals surface area contributed by atoms with E-state index in [0.29, 0.717) is 35.8 Å². The van der Waals surface area contributed by atoms with Crippen LogP contribution in [0.5, 0.6) is 23.0 Å². The Bertz CT molecular complexity index is 1150. The van der Waals surface area contributed by atoms with E-state index in [4.69, 9.17) is 18.9 Å². The van der Waals surface area contributed by atoms with Crippen molar-refractivity contribution in [3.05, 3.63) is 47.0 Å². The van der Waals surface area contributed by atoms with Crippen LogP contribution in [-0.2, 0) is 17.6 Å². The number of nitrogens with zero attached hydrogens (tertiary/aromatic N) is 1. The Kier molecular flexibility index (Phi) is 8.85. The Morgan fingerprint density at radius 1 is 0.846 bits per heavy atom. The maximum absolute atomic E-state index is 13.5. The molecule has 3 aliphatic rings. The zero-order chi connectivity index (χ0) is 27.4. The van der Waals surface area contributed by atoms with Crippen molar-refractivity contribution in [3.63, 3.8) is 0 Å². The van der Waals surface area contributed by atoms with E-state index in [1.54, 1.807) is 28.4 Å². The Balaban J connectivity index is 1.39. The SMILES string of the molecule is COc1ccc(CC2c3cc(OC)c(OC)cc3CCN2CC(=O)NC2CCCC3CCCCC32)cc1OC. The van der Waals surface area contributed by atoms with Gasteiger partial charge in [0.25, 0.3) is 0 Å². The highest BCUT2D eigenvalue weighted by Gasteiger charge is 2.36. The van der Waals surface area contributed by atoms with Gasteiger partial charge in [0.2, 0.25) is 5.91 Å². The zero-order valence-corrected chi connectivity index (χ0v) is 24.0. The maximum atomic E-state index is 13.5. The molecule has 7 nitrogen and oxygen atoms in total. The summed E-state index contributed by atoms with van der Waals surface area (Å²) in [6, 6.07) is 10.6. The van der Waals surface area contributed by atoms with Crippen molar-refractivity contribution >= 4 is 5.91 Å². The number of fused-ring (bicyclic) bond motifs is 2. The first-order valence-electron chi connectivity index (χ1n) is 14.5. The number of nitrogens with one attached hydrogen (secondary N) is 1. The van der Waals surface area contributed by atoms with Gasteiger partial charge >= 0.3 is 0 Å². The molecule has 2 saturated carbocycles. The van der Waals surface area contributed by atoms with Gasteiger partial charge < -0.3 is 24.3 Å². The van der Waals surface area contributed by atoms with E-state index < -0.39 is 0 Å². The number of hydrogen-bond donors (Lipinski definition) is 1. The van der Waals surface area contributed by atoms with Gasteiger partial charge in [0.1, 0.15) is 0 Å². The first-order chi connectivity index (χ1) is 19.0. The van der Waals surface area contributed by atoms with Gasteiger partial charge in [-0.05, 0) is 78.5 Å². The topological polar surface area (TPSA) is 69.3 Å². The predicted molar refractivity (Wildman–Crippen MR) is 152 cm³/mol. The van der Waals surface area contributed by atoms with E-state index in [9.17, 15) is 4.79 Å². The van der Waals surface area contributed by atoms with E-state index >= 15 is 0 Å². The Labute approximate surface area is 233 Å². The molecule has 0 saturated heterocycles. The van der Waals surface area contributed by atoms with E-state index in [-0.39, 0.29) is 11.9 Å². The molecular formula is C32H44N2O5. The molecule has 0 aromatic heterocycles. The number of benzene rings is 2. The van der Waals surface area contributed by atoms with Crippen molar-refractivity contribution < 1.29 is 23.7 Å². The van der Waals surface area contributed by atoms with Crippen LogP contribution in [-0.4, -0.2) is 58.4 Å². The minimum Gasteiger partial charge on any atom is -0.493 e. The molecule has 1 N–H and O–H groups in total. The molecule has 212 valence electrons. The Morgan fingerprint density at radius 3 is 2.31 bits per heavy atom. The molecule has 0 bridgehead atoms. The van der Waals surface area contributed by atoms with Crippen LogP contribution in [0.1, 0.15) is 67.7 Å². The minimum absolute atomic E-state index is 0.0196. The van der Waals surface area contributed by atoms with Gasteiger partial charge in [0, 0.05) is 18.6 Å². The number of methoxy groups -OCH3 is 4. The van der Waals surface area contributed by atoms with Gasteiger partial charge in [-0.3, -0.25) is 9.69 Å². The lowest BCUT2D eigenvalue weighted by Gasteiger charge is -2.42. The lowest BCUT2D eigenvalue weighted by Crippen LogP contribution is -2.50. The van der Waals surface area contributed by atoms with Crippen molar-refractivity contribution in [3.8, 4) is 23.0 Å². The summed E-state index contributed by atoms with van der Waals surface area (Å²) in [6.07, 6.45) is 10.5. The fourth-order valence-corrected chi connectivity index (χ4v) is 7.29. The van der Waals surface area contributed by atoms with Gasteiger partial charge in [-0.2, -0.15) is 0 Å². The molecular weight excluding hydrogens is 492 g/mol. The summed E-state index contributed by atoms with van der Waals surface area (Å²) in [5, 5.41) is 3.49. The third-order valence-corrected chi connectivity index (χ3v) is 9.26. The molecule has 0 radical (unpaired) electrons. The van der Waals surface area contributed by atoms with E-state index in [1.165, 1.54) is 49.7 Å². The number of carbonyl (C=O) groups excluding carboxylic acids is 1. The summed E-state index contributed by atoms with van der Waals surface area (Å²) in [6.45, 7) is 1.20. The standard InChI is InChI=1S/C32H44N2O5/c1-36-28-13-12-21(17-29(28)37-2)16-27-25-19-31(39-4)30(38-3)18-23(25)14-15-34(27)20-32(35)33-26-11-7-9-22-8-5-6-10-24(22)26/h12-13,17-19,22,24,26-27H,5-11,14-16,20H2,1-4H3,(H,33,35). The maximum Gasteiger partial charge on any atom is 0.234 e. The first kappa shape index (κ1) is 27.6. The largest absolute Gasteiger partial charge is 0.493 e. The number of ether oxygens (including phenoxy) is 4. The van der Waals surface area contributed by atoms with Crippen LogP contribution < -0.4 is 24.3 Å². The summed E-state index contributed by atoms with van der Waals surface area (Å²) in [4.78, 5) is 15.9. The molecule has 39 heavy (non-hydrogen) atoms. The summed E-state index contributed by atoms with van der Waals surface area (Å²) in [5.41, 5.74) is 3.56. The normalized spacial score (nSPS) is 24.7.